The number of nitrogens with one attached hydrogen (secondary N) is 1. The average Bonchev–Trinajstić information content (AvgIpc) is 3.13. The fourth-order valence-electron chi connectivity index (χ4n) is 5.07. The van der Waals surface area contributed by atoms with Crippen LogP contribution in [-0.4, -0.2) is 38.1 Å². The van der Waals surface area contributed by atoms with Crippen molar-refractivity contribution < 1.29 is 39.5 Å². The lowest BCUT2D eigenvalue weighted by atomic mass is 9.63. The van der Waals surface area contributed by atoms with Crippen LogP contribution in [0, 0.1) is 22.7 Å². The van der Waals surface area contributed by atoms with Crippen LogP contribution in [0.15, 0.2) is 64.5 Å². The Kier molecular flexibility index (Phi) is 7.39. The second-order valence-electron chi connectivity index (χ2n) is 9.04. The van der Waals surface area contributed by atoms with E-state index in [4.69, 9.17) is 10.5 Å². The third kappa shape index (κ3) is 4.67. The number of benzene rings is 1. The highest BCUT2D eigenvalue weighted by atomic mass is 32.2. The molecule has 0 radical (unpaired) electrons. The molecule has 214 valence electrons. The van der Waals surface area contributed by atoms with Gasteiger partial charge in [0.2, 0.25) is 11.3 Å². The number of methoxy groups -OCH3 is 1. The Morgan fingerprint density at radius 3 is 2.25 bits per heavy atom. The molecular formula is C24H22F6N6O3S. The quantitative estimate of drug-likeness (QED) is 0.467. The van der Waals surface area contributed by atoms with Gasteiger partial charge in [-0.05, 0) is 49.6 Å². The molecule has 1 atom stereocenters. The summed E-state index contributed by atoms with van der Waals surface area (Å²) < 4.78 is 119. The number of fused-ring (bicyclic) bond motifs is 1. The zero-order chi connectivity index (χ0) is 29.5. The molecule has 0 saturated carbocycles. The van der Waals surface area contributed by atoms with Crippen LogP contribution >= 0.6 is 0 Å². The zero-order valence-electron chi connectivity index (χ0n) is 20.7. The van der Waals surface area contributed by atoms with Crippen molar-refractivity contribution in [1.29, 1.82) is 5.26 Å². The number of alkyl halides is 6. The van der Waals surface area contributed by atoms with Gasteiger partial charge in [-0.25, -0.2) is 8.42 Å². The molecule has 1 unspecified atom stereocenters. The first-order valence-electron chi connectivity index (χ1n) is 11.7. The van der Waals surface area contributed by atoms with E-state index in [2.05, 4.69) is 14.9 Å². The molecule has 1 aliphatic carbocycles. The molecule has 0 fully saturated rings. The van der Waals surface area contributed by atoms with Crippen molar-refractivity contribution in [1.82, 2.24) is 10.2 Å². The maximum absolute atomic E-state index is 14.4. The molecule has 2 heterocycles. The minimum Gasteiger partial charge on any atom is -0.480 e. The average molecular weight is 589 g/mol. The van der Waals surface area contributed by atoms with Gasteiger partial charge in [0.05, 0.1) is 23.6 Å². The summed E-state index contributed by atoms with van der Waals surface area (Å²) in [6, 6.07) is 8.30. The number of halogens is 6. The standard InChI is InChI=1S/C24H22F6N6O3S/c1-39-20-12-11-19(33-34-20)35-40(37,38)15-9-7-14(8-10-15)36-18-6-4-2-3-5-16(18)22(23(25,26)27,24(28,29)30)17(13-31)21(36)32/h6-12,16H,2-5,32H2,1H3,(H,33,35). The topological polar surface area (TPSA) is 134 Å². The lowest BCUT2D eigenvalue weighted by molar-refractivity contribution is -0.339. The molecule has 1 aliphatic heterocycles. The fourth-order valence-corrected chi connectivity index (χ4v) is 6.07. The van der Waals surface area contributed by atoms with Gasteiger partial charge in [-0.3, -0.25) is 9.62 Å². The van der Waals surface area contributed by atoms with Crippen molar-refractivity contribution >= 4 is 21.5 Å². The number of nitrogens with zero attached hydrogens (tertiary/aromatic N) is 4. The smallest absolute Gasteiger partial charge is 0.408 e. The van der Waals surface area contributed by atoms with Crippen LogP contribution in [-0.2, 0) is 10.0 Å². The van der Waals surface area contributed by atoms with E-state index in [1.165, 1.54) is 37.5 Å². The van der Waals surface area contributed by atoms with Gasteiger partial charge in [-0.2, -0.15) is 31.6 Å². The molecule has 9 nitrogen and oxygen atoms in total. The van der Waals surface area contributed by atoms with Crippen LogP contribution in [0.3, 0.4) is 0 Å². The number of sulfonamides is 1. The number of rotatable bonds is 5. The summed E-state index contributed by atoms with van der Waals surface area (Å²) in [7, 11) is -2.87. The molecular weight excluding hydrogens is 566 g/mol. The van der Waals surface area contributed by atoms with Gasteiger partial charge in [-0.1, -0.05) is 12.5 Å². The van der Waals surface area contributed by atoms with E-state index in [1.807, 2.05) is 0 Å². The lowest BCUT2D eigenvalue weighted by Crippen LogP contribution is -2.61. The number of hydrogen-bond acceptors (Lipinski definition) is 8. The van der Waals surface area contributed by atoms with Crippen molar-refractivity contribution in [3.05, 3.63) is 59.6 Å². The van der Waals surface area contributed by atoms with Crippen LogP contribution in [0.1, 0.15) is 25.7 Å². The van der Waals surface area contributed by atoms with Crippen LogP contribution in [0.5, 0.6) is 5.88 Å². The van der Waals surface area contributed by atoms with E-state index >= 15 is 0 Å². The Bertz CT molecular complexity index is 1470. The zero-order valence-corrected chi connectivity index (χ0v) is 21.5. The number of nitrogens with two attached hydrogens (primary N) is 1. The molecule has 3 N–H and O–H groups in total. The Morgan fingerprint density at radius 1 is 1.07 bits per heavy atom. The minimum atomic E-state index is -5.88. The first kappa shape index (κ1) is 29.0. The van der Waals surface area contributed by atoms with E-state index in [-0.39, 0.29) is 40.8 Å². The number of ether oxygens (including phenoxy) is 1. The molecule has 1 aromatic heterocycles. The highest BCUT2D eigenvalue weighted by Crippen LogP contribution is 2.65. The van der Waals surface area contributed by atoms with E-state index in [1.54, 1.807) is 0 Å². The van der Waals surface area contributed by atoms with Crippen molar-refractivity contribution in [2.45, 2.75) is 42.9 Å². The van der Waals surface area contributed by atoms with Gasteiger partial charge < -0.3 is 10.5 Å². The van der Waals surface area contributed by atoms with Crippen molar-refractivity contribution in [2.75, 3.05) is 16.7 Å². The van der Waals surface area contributed by atoms with Crippen LogP contribution < -0.4 is 20.1 Å². The van der Waals surface area contributed by atoms with Crippen molar-refractivity contribution in [3.63, 3.8) is 0 Å². The van der Waals surface area contributed by atoms with Gasteiger partial charge in [-0.15, -0.1) is 10.2 Å². The molecule has 0 spiro atoms. The number of allylic oxidation sites excluding steroid dienone is 3. The summed E-state index contributed by atoms with van der Waals surface area (Å²) in [4.78, 5) is 0.670. The van der Waals surface area contributed by atoms with E-state index in [9.17, 15) is 40.0 Å². The lowest BCUT2D eigenvalue weighted by Gasteiger charge is -2.50. The van der Waals surface area contributed by atoms with Crippen LogP contribution in [0.25, 0.3) is 0 Å². The summed E-state index contributed by atoms with van der Waals surface area (Å²) in [6.07, 6.45) is -10.4. The molecule has 0 saturated heterocycles. The molecule has 2 aromatic rings. The fraction of sp³-hybridized carbons (Fsp3) is 0.375. The maximum Gasteiger partial charge on any atom is 0.408 e. The van der Waals surface area contributed by atoms with E-state index in [0.29, 0.717) is 6.42 Å². The first-order valence-corrected chi connectivity index (χ1v) is 13.2. The summed E-state index contributed by atoms with van der Waals surface area (Å²) >= 11 is 0. The second-order valence-corrected chi connectivity index (χ2v) is 10.7. The SMILES string of the molecule is COc1ccc(NS(=O)(=O)c2ccc(N3C4=CCCCCC4C(C(F)(F)F)(C(F)(F)F)C(C#N)=C3N)cc2)nn1. The van der Waals surface area contributed by atoms with Gasteiger partial charge in [0, 0.05) is 23.4 Å². The van der Waals surface area contributed by atoms with E-state index in [0.717, 1.165) is 23.1 Å². The maximum atomic E-state index is 14.4. The van der Waals surface area contributed by atoms with Crippen molar-refractivity contribution in [2.24, 2.45) is 17.1 Å². The predicted molar refractivity (Wildman–Crippen MR) is 130 cm³/mol. The Balaban J connectivity index is 1.81. The highest BCUT2D eigenvalue weighted by Gasteiger charge is 2.78. The highest BCUT2D eigenvalue weighted by molar-refractivity contribution is 7.92. The van der Waals surface area contributed by atoms with Gasteiger partial charge in [0.15, 0.2) is 5.82 Å². The molecule has 40 heavy (non-hydrogen) atoms. The van der Waals surface area contributed by atoms with Crippen LogP contribution in [0.2, 0.25) is 0 Å². The number of anilines is 2. The van der Waals surface area contributed by atoms with Crippen LogP contribution in [0.4, 0.5) is 37.8 Å². The molecule has 4 rings (SSSR count). The third-order valence-electron chi connectivity index (χ3n) is 6.83. The molecule has 2 aliphatic rings. The monoisotopic (exact) mass is 588 g/mol. The largest absolute Gasteiger partial charge is 0.480 e. The number of aromatic nitrogens is 2. The predicted octanol–water partition coefficient (Wildman–Crippen LogP) is 4.98. The normalized spacial score (nSPS) is 19.7. The molecule has 0 bridgehead atoms. The minimum absolute atomic E-state index is 0.0236. The number of nitriles is 1. The van der Waals surface area contributed by atoms with E-state index < -0.39 is 51.5 Å². The molecule has 16 heteroatoms. The molecule has 1 aromatic carbocycles. The Labute approximate surface area is 225 Å². The first-order chi connectivity index (χ1) is 18.7. The summed E-state index contributed by atoms with van der Waals surface area (Å²) in [5.41, 5.74) is -0.612. The van der Waals surface area contributed by atoms with Gasteiger partial charge >= 0.3 is 12.4 Å². The Hall–Kier alpha value is -4.00. The summed E-state index contributed by atoms with van der Waals surface area (Å²) in [6.45, 7) is 0. The summed E-state index contributed by atoms with van der Waals surface area (Å²) in [5.74, 6) is -3.21. The van der Waals surface area contributed by atoms with Crippen molar-refractivity contribution in [3.8, 4) is 11.9 Å². The summed E-state index contributed by atoms with van der Waals surface area (Å²) in [5, 5.41) is 16.9. The second kappa shape index (κ2) is 10.2. The third-order valence-corrected chi connectivity index (χ3v) is 8.20. The number of hydrogen-bond donors (Lipinski definition) is 2. The molecule has 0 amide bonds. The Morgan fingerprint density at radius 2 is 1.73 bits per heavy atom. The van der Waals surface area contributed by atoms with Gasteiger partial charge in [0.1, 0.15) is 5.82 Å². The van der Waals surface area contributed by atoms with Gasteiger partial charge in [0.25, 0.3) is 10.0 Å².